The monoisotopic (exact) mass is 320 g/mol. The number of hydrogen-bond acceptors (Lipinski definition) is 3. The van der Waals surface area contributed by atoms with Crippen LogP contribution in [0.5, 0.6) is 0 Å². The third kappa shape index (κ3) is 4.69. The van der Waals surface area contributed by atoms with Crippen molar-refractivity contribution >= 4 is 6.03 Å². The molecule has 2 amide bonds. The molecule has 2 N–H and O–H groups in total. The number of aliphatic hydroxyl groups excluding tert-OH is 1. The van der Waals surface area contributed by atoms with Gasteiger partial charge in [-0.05, 0) is 44.7 Å². The molecule has 1 fully saturated rings. The molecule has 0 bridgehead atoms. The molecule has 3 atom stereocenters. The number of carbonyl (C=O) groups excluding carboxylic acids is 1. The summed E-state index contributed by atoms with van der Waals surface area (Å²) < 4.78 is 5.95. The van der Waals surface area contributed by atoms with E-state index < -0.39 is 0 Å². The molecule has 1 heterocycles. The van der Waals surface area contributed by atoms with Gasteiger partial charge in [-0.2, -0.15) is 0 Å². The number of benzene rings is 1. The molecule has 0 aromatic heterocycles. The molecule has 0 spiro atoms. The topological polar surface area (TPSA) is 61.8 Å². The number of rotatable bonds is 5. The summed E-state index contributed by atoms with van der Waals surface area (Å²) in [5, 5.41) is 11.9. The van der Waals surface area contributed by atoms with Gasteiger partial charge in [0.1, 0.15) is 6.10 Å². The summed E-state index contributed by atoms with van der Waals surface area (Å²) in [6, 6.07) is 8.21. The first-order chi connectivity index (χ1) is 11.0. The average molecular weight is 320 g/mol. The Hall–Kier alpha value is -1.59. The highest BCUT2D eigenvalue weighted by atomic mass is 16.5. The number of amides is 2. The maximum atomic E-state index is 12.5. The normalized spacial score (nSPS) is 22.7. The molecule has 128 valence electrons. The lowest BCUT2D eigenvalue weighted by atomic mass is 10.0. The van der Waals surface area contributed by atoms with E-state index in [9.17, 15) is 4.79 Å². The van der Waals surface area contributed by atoms with Crippen molar-refractivity contribution in [1.29, 1.82) is 0 Å². The third-order valence-corrected chi connectivity index (χ3v) is 4.39. The number of urea groups is 1. The van der Waals surface area contributed by atoms with Crippen LogP contribution in [0.15, 0.2) is 24.3 Å². The number of morpholine rings is 1. The van der Waals surface area contributed by atoms with Gasteiger partial charge in [0.25, 0.3) is 0 Å². The lowest BCUT2D eigenvalue weighted by molar-refractivity contribution is -0.0433. The van der Waals surface area contributed by atoms with E-state index in [1.54, 1.807) is 0 Å². The first-order valence-corrected chi connectivity index (χ1v) is 8.38. The van der Waals surface area contributed by atoms with Crippen LogP contribution in [0.1, 0.15) is 43.9 Å². The van der Waals surface area contributed by atoms with Gasteiger partial charge in [0.05, 0.1) is 19.2 Å². The molecule has 5 heteroatoms. The Labute approximate surface area is 138 Å². The number of aryl methyl sites for hydroxylation is 1. The van der Waals surface area contributed by atoms with E-state index in [1.807, 2.05) is 30.9 Å². The molecule has 1 aromatic rings. The van der Waals surface area contributed by atoms with Crippen LogP contribution in [0.3, 0.4) is 0 Å². The Kier molecular flexibility index (Phi) is 6.42. The van der Waals surface area contributed by atoms with Crippen LogP contribution < -0.4 is 5.32 Å². The predicted molar refractivity (Wildman–Crippen MR) is 90.4 cm³/mol. The van der Waals surface area contributed by atoms with E-state index in [2.05, 4.69) is 24.4 Å². The highest BCUT2D eigenvalue weighted by molar-refractivity contribution is 5.75. The minimum atomic E-state index is -0.0779. The van der Waals surface area contributed by atoms with E-state index >= 15 is 0 Å². The number of carbonyl (C=O) groups is 1. The van der Waals surface area contributed by atoms with Crippen molar-refractivity contribution in [2.45, 2.75) is 51.8 Å². The fourth-order valence-electron chi connectivity index (χ4n) is 2.94. The molecule has 1 aliphatic heterocycles. The van der Waals surface area contributed by atoms with Crippen molar-refractivity contribution in [3.8, 4) is 0 Å². The second-order valence-electron chi connectivity index (χ2n) is 6.40. The number of nitrogens with one attached hydrogen (secondary N) is 1. The van der Waals surface area contributed by atoms with Gasteiger partial charge in [-0.15, -0.1) is 0 Å². The first kappa shape index (κ1) is 17.8. The Morgan fingerprint density at radius 1 is 1.48 bits per heavy atom. The Bertz CT molecular complexity index is 521. The molecule has 5 nitrogen and oxygen atoms in total. The summed E-state index contributed by atoms with van der Waals surface area (Å²) in [7, 11) is 0. The van der Waals surface area contributed by atoms with E-state index in [-0.39, 0.29) is 30.8 Å². The Morgan fingerprint density at radius 3 is 2.91 bits per heavy atom. The van der Waals surface area contributed by atoms with Gasteiger partial charge in [0, 0.05) is 12.6 Å². The van der Waals surface area contributed by atoms with Gasteiger partial charge in [0.2, 0.25) is 0 Å². The van der Waals surface area contributed by atoms with Gasteiger partial charge in [-0.3, -0.25) is 0 Å². The Balaban J connectivity index is 2.00. The summed E-state index contributed by atoms with van der Waals surface area (Å²) in [5.74, 6) is 0. The van der Waals surface area contributed by atoms with Gasteiger partial charge < -0.3 is 20.1 Å². The van der Waals surface area contributed by atoms with Gasteiger partial charge in [0.15, 0.2) is 0 Å². The molecule has 0 radical (unpaired) electrons. The average Bonchev–Trinajstić information content (AvgIpc) is 2.54. The molecule has 1 saturated heterocycles. The molecule has 2 rings (SSSR count). The van der Waals surface area contributed by atoms with Crippen LogP contribution in [-0.2, 0) is 4.74 Å². The Morgan fingerprint density at radius 2 is 2.22 bits per heavy atom. The van der Waals surface area contributed by atoms with E-state index in [0.717, 1.165) is 12.0 Å². The standard InChI is InChI=1S/C18H28N2O3/c1-13-7-4-5-9-16(13)17-11-20(15(3)12-23-17)18(22)19-14(2)8-6-10-21/h4-5,7,9,14-15,17,21H,6,8,10-12H2,1-3H3,(H,19,22). The van der Waals surface area contributed by atoms with Crippen molar-refractivity contribution < 1.29 is 14.6 Å². The van der Waals surface area contributed by atoms with Crippen molar-refractivity contribution in [2.24, 2.45) is 0 Å². The second-order valence-corrected chi connectivity index (χ2v) is 6.40. The molecular formula is C18H28N2O3. The van der Waals surface area contributed by atoms with Crippen LogP contribution in [0.4, 0.5) is 4.79 Å². The largest absolute Gasteiger partial charge is 0.396 e. The fraction of sp³-hybridized carbons (Fsp3) is 0.611. The molecular weight excluding hydrogens is 292 g/mol. The lowest BCUT2D eigenvalue weighted by Gasteiger charge is -2.39. The van der Waals surface area contributed by atoms with Gasteiger partial charge in [-0.25, -0.2) is 4.79 Å². The second kappa shape index (κ2) is 8.31. The molecule has 1 aliphatic rings. The number of aliphatic hydroxyl groups is 1. The zero-order chi connectivity index (χ0) is 16.8. The highest BCUT2D eigenvalue weighted by Gasteiger charge is 2.31. The molecule has 1 aromatic carbocycles. The summed E-state index contributed by atoms with van der Waals surface area (Å²) in [4.78, 5) is 14.4. The lowest BCUT2D eigenvalue weighted by Crippen LogP contribution is -2.53. The predicted octanol–water partition coefficient (Wildman–Crippen LogP) is 2.63. The van der Waals surface area contributed by atoms with E-state index in [0.29, 0.717) is 19.6 Å². The molecule has 0 saturated carbocycles. The highest BCUT2D eigenvalue weighted by Crippen LogP contribution is 2.27. The summed E-state index contributed by atoms with van der Waals surface area (Å²) in [6.45, 7) is 7.30. The maximum absolute atomic E-state index is 12.5. The molecule has 0 aliphatic carbocycles. The summed E-state index contributed by atoms with van der Waals surface area (Å²) in [6.07, 6.45) is 1.40. The minimum Gasteiger partial charge on any atom is -0.396 e. The van der Waals surface area contributed by atoms with E-state index in [4.69, 9.17) is 9.84 Å². The van der Waals surface area contributed by atoms with Crippen molar-refractivity contribution in [3.63, 3.8) is 0 Å². The summed E-state index contributed by atoms with van der Waals surface area (Å²) >= 11 is 0. The number of hydrogen-bond donors (Lipinski definition) is 2. The van der Waals surface area contributed by atoms with Crippen LogP contribution in [-0.4, -0.2) is 47.9 Å². The van der Waals surface area contributed by atoms with E-state index in [1.165, 1.54) is 5.56 Å². The zero-order valence-electron chi connectivity index (χ0n) is 14.3. The van der Waals surface area contributed by atoms with Crippen LogP contribution in [0, 0.1) is 6.92 Å². The zero-order valence-corrected chi connectivity index (χ0v) is 14.3. The van der Waals surface area contributed by atoms with Crippen molar-refractivity contribution in [3.05, 3.63) is 35.4 Å². The maximum Gasteiger partial charge on any atom is 0.318 e. The SMILES string of the molecule is Cc1ccccc1C1CN(C(=O)NC(C)CCCO)C(C)CO1. The smallest absolute Gasteiger partial charge is 0.318 e. The summed E-state index contributed by atoms with van der Waals surface area (Å²) in [5.41, 5.74) is 2.33. The van der Waals surface area contributed by atoms with Gasteiger partial charge in [-0.1, -0.05) is 24.3 Å². The van der Waals surface area contributed by atoms with Crippen molar-refractivity contribution in [1.82, 2.24) is 10.2 Å². The molecule has 23 heavy (non-hydrogen) atoms. The van der Waals surface area contributed by atoms with Crippen molar-refractivity contribution in [2.75, 3.05) is 19.8 Å². The van der Waals surface area contributed by atoms with Crippen LogP contribution in [0.2, 0.25) is 0 Å². The first-order valence-electron chi connectivity index (χ1n) is 8.38. The van der Waals surface area contributed by atoms with Gasteiger partial charge >= 0.3 is 6.03 Å². The number of ether oxygens (including phenoxy) is 1. The van der Waals surface area contributed by atoms with Crippen LogP contribution >= 0.6 is 0 Å². The third-order valence-electron chi connectivity index (χ3n) is 4.39. The fourth-order valence-corrected chi connectivity index (χ4v) is 2.94. The minimum absolute atomic E-state index is 0.0511. The molecule has 3 unspecified atom stereocenters. The van der Waals surface area contributed by atoms with Crippen LogP contribution in [0.25, 0.3) is 0 Å². The quantitative estimate of drug-likeness (QED) is 0.877. The number of nitrogens with zero attached hydrogens (tertiary/aromatic N) is 1.